The van der Waals surface area contributed by atoms with Gasteiger partial charge in [-0.25, -0.2) is 0 Å². The quantitative estimate of drug-likeness (QED) is 0.628. The molecule has 0 saturated carbocycles. The largest absolute Gasteiger partial charge is 0.271 e. The van der Waals surface area contributed by atoms with Crippen LogP contribution in [0, 0.1) is 0 Å². The predicted molar refractivity (Wildman–Crippen MR) is 83.7 cm³/mol. The molecule has 0 aliphatic rings. The molecule has 3 nitrogen and oxygen atoms in total. The standard InChI is InChI=1S/C15H17Cl2N3/c16-12-9-13(17)15(19-10-12)14(20-18)8-4-7-11-5-2-1-3-6-11/h1-3,5-6,9-10,14,20H,4,7-8,18H2. The van der Waals surface area contributed by atoms with Crippen molar-refractivity contribution in [1.29, 1.82) is 0 Å². The first-order chi connectivity index (χ1) is 9.70. The fourth-order valence-corrected chi connectivity index (χ4v) is 2.65. The number of hydrogen-bond donors (Lipinski definition) is 2. The number of aromatic nitrogens is 1. The average Bonchev–Trinajstić information content (AvgIpc) is 2.46. The van der Waals surface area contributed by atoms with Crippen molar-refractivity contribution < 1.29 is 0 Å². The first-order valence-electron chi connectivity index (χ1n) is 6.51. The van der Waals surface area contributed by atoms with Gasteiger partial charge < -0.3 is 0 Å². The van der Waals surface area contributed by atoms with Crippen molar-refractivity contribution in [1.82, 2.24) is 10.4 Å². The molecule has 1 aromatic heterocycles. The van der Waals surface area contributed by atoms with E-state index in [0.717, 1.165) is 25.0 Å². The third-order valence-corrected chi connectivity index (χ3v) is 3.68. The van der Waals surface area contributed by atoms with E-state index in [-0.39, 0.29) is 6.04 Å². The van der Waals surface area contributed by atoms with E-state index in [1.807, 2.05) is 18.2 Å². The van der Waals surface area contributed by atoms with Crippen LogP contribution in [0.5, 0.6) is 0 Å². The Balaban J connectivity index is 1.95. The number of nitrogens with zero attached hydrogens (tertiary/aromatic N) is 1. The zero-order valence-corrected chi connectivity index (χ0v) is 12.5. The maximum absolute atomic E-state index is 6.16. The number of hydrazine groups is 1. The Labute approximate surface area is 129 Å². The molecule has 106 valence electrons. The van der Waals surface area contributed by atoms with Gasteiger partial charge >= 0.3 is 0 Å². The first-order valence-corrected chi connectivity index (χ1v) is 7.27. The molecule has 1 atom stereocenters. The van der Waals surface area contributed by atoms with Gasteiger partial charge in [-0.1, -0.05) is 53.5 Å². The predicted octanol–water partition coefficient (Wildman–Crippen LogP) is 3.92. The van der Waals surface area contributed by atoms with Crippen LogP contribution in [0.1, 0.15) is 30.1 Å². The Bertz CT molecular complexity index is 546. The fraction of sp³-hybridized carbons (Fsp3) is 0.267. The molecule has 0 bridgehead atoms. The van der Waals surface area contributed by atoms with E-state index < -0.39 is 0 Å². The summed E-state index contributed by atoms with van der Waals surface area (Å²) in [5.41, 5.74) is 4.84. The molecule has 0 aliphatic carbocycles. The maximum atomic E-state index is 6.16. The minimum atomic E-state index is -0.0662. The molecule has 3 N–H and O–H groups in total. The fourth-order valence-electron chi connectivity index (χ4n) is 2.14. The van der Waals surface area contributed by atoms with Gasteiger partial charge in [0.05, 0.1) is 21.8 Å². The number of halogens is 2. The highest BCUT2D eigenvalue weighted by Crippen LogP contribution is 2.26. The molecule has 0 saturated heterocycles. The summed E-state index contributed by atoms with van der Waals surface area (Å²) in [4.78, 5) is 4.27. The minimum Gasteiger partial charge on any atom is -0.271 e. The second-order valence-electron chi connectivity index (χ2n) is 4.62. The highest BCUT2D eigenvalue weighted by molar-refractivity contribution is 6.34. The lowest BCUT2D eigenvalue weighted by Gasteiger charge is -2.16. The Morgan fingerprint density at radius 1 is 1.20 bits per heavy atom. The number of nitrogens with two attached hydrogens (primary N) is 1. The molecule has 0 radical (unpaired) electrons. The van der Waals surface area contributed by atoms with Crippen LogP contribution in [0.25, 0.3) is 0 Å². The summed E-state index contributed by atoms with van der Waals surface area (Å²) in [6.07, 6.45) is 4.45. The second-order valence-corrected chi connectivity index (χ2v) is 5.46. The van der Waals surface area contributed by atoms with E-state index in [1.165, 1.54) is 5.56 Å². The van der Waals surface area contributed by atoms with Crippen molar-refractivity contribution in [3.05, 3.63) is 63.9 Å². The van der Waals surface area contributed by atoms with Crippen molar-refractivity contribution in [2.75, 3.05) is 0 Å². The summed E-state index contributed by atoms with van der Waals surface area (Å²) in [6, 6.07) is 12.0. The molecule has 1 aromatic carbocycles. The molecule has 5 heteroatoms. The molecular formula is C15H17Cl2N3. The Morgan fingerprint density at radius 2 is 1.95 bits per heavy atom. The molecular weight excluding hydrogens is 293 g/mol. The molecule has 2 rings (SSSR count). The lowest BCUT2D eigenvalue weighted by molar-refractivity contribution is 0.488. The molecule has 1 heterocycles. The first kappa shape index (κ1) is 15.3. The SMILES string of the molecule is NNC(CCCc1ccccc1)c1ncc(Cl)cc1Cl. The van der Waals surface area contributed by atoms with Crippen LogP contribution in [0.4, 0.5) is 0 Å². The van der Waals surface area contributed by atoms with Gasteiger partial charge in [-0.05, 0) is 30.9 Å². The Hall–Kier alpha value is -1.13. The van der Waals surface area contributed by atoms with Gasteiger partial charge in [0, 0.05) is 6.20 Å². The van der Waals surface area contributed by atoms with Crippen LogP contribution in [0.2, 0.25) is 10.0 Å². The van der Waals surface area contributed by atoms with E-state index in [0.29, 0.717) is 10.0 Å². The van der Waals surface area contributed by atoms with Crippen LogP contribution in [0.15, 0.2) is 42.6 Å². The average molecular weight is 310 g/mol. The van der Waals surface area contributed by atoms with Gasteiger partial charge in [0.2, 0.25) is 0 Å². The second kappa shape index (κ2) is 7.60. The topological polar surface area (TPSA) is 50.9 Å². The Morgan fingerprint density at radius 3 is 2.60 bits per heavy atom. The molecule has 0 amide bonds. The molecule has 0 aliphatic heterocycles. The van der Waals surface area contributed by atoms with E-state index >= 15 is 0 Å². The van der Waals surface area contributed by atoms with Gasteiger partial charge in [0.25, 0.3) is 0 Å². The molecule has 2 aromatic rings. The van der Waals surface area contributed by atoms with Crippen molar-refractivity contribution >= 4 is 23.2 Å². The highest BCUT2D eigenvalue weighted by atomic mass is 35.5. The number of aryl methyl sites for hydroxylation is 1. The molecule has 20 heavy (non-hydrogen) atoms. The lowest BCUT2D eigenvalue weighted by Crippen LogP contribution is -2.29. The minimum absolute atomic E-state index is 0.0662. The highest BCUT2D eigenvalue weighted by Gasteiger charge is 2.15. The van der Waals surface area contributed by atoms with E-state index in [9.17, 15) is 0 Å². The summed E-state index contributed by atoms with van der Waals surface area (Å²) in [6.45, 7) is 0. The number of pyridine rings is 1. The monoisotopic (exact) mass is 309 g/mol. The van der Waals surface area contributed by atoms with Crippen LogP contribution in [-0.4, -0.2) is 4.98 Å². The third kappa shape index (κ3) is 4.18. The van der Waals surface area contributed by atoms with Gasteiger partial charge in [-0.2, -0.15) is 0 Å². The van der Waals surface area contributed by atoms with E-state index in [4.69, 9.17) is 29.0 Å². The van der Waals surface area contributed by atoms with Crippen LogP contribution < -0.4 is 11.3 Å². The number of nitrogens with one attached hydrogen (secondary N) is 1. The van der Waals surface area contributed by atoms with Gasteiger partial charge in [0.1, 0.15) is 0 Å². The van der Waals surface area contributed by atoms with Gasteiger partial charge in [0.15, 0.2) is 0 Å². The maximum Gasteiger partial charge on any atom is 0.0773 e. The van der Waals surface area contributed by atoms with Crippen LogP contribution >= 0.6 is 23.2 Å². The summed E-state index contributed by atoms with van der Waals surface area (Å²) in [5, 5.41) is 1.07. The van der Waals surface area contributed by atoms with Crippen LogP contribution in [-0.2, 0) is 6.42 Å². The Kier molecular flexibility index (Phi) is 5.80. The number of benzene rings is 1. The molecule has 0 fully saturated rings. The molecule has 0 spiro atoms. The number of hydrogen-bond acceptors (Lipinski definition) is 3. The van der Waals surface area contributed by atoms with Gasteiger partial charge in [-0.15, -0.1) is 0 Å². The number of rotatable bonds is 6. The van der Waals surface area contributed by atoms with E-state index in [2.05, 4.69) is 22.5 Å². The summed E-state index contributed by atoms with van der Waals surface area (Å²) in [7, 11) is 0. The van der Waals surface area contributed by atoms with Crippen molar-refractivity contribution in [2.24, 2.45) is 5.84 Å². The zero-order chi connectivity index (χ0) is 14.4. The van der Waals surface area contributed by atoms with E-state index in [1.54, 1.807) is 12.3 Å². The van der Waals surface area contributed by atoms with Crippen molar-refractivity contribution in [3.8, 4) is 0 Å². The normalized spacial score (nSPS) is 12.3. The lowest BCUT2D eigenvalue weighted by atomic mass is 10.0. The van der Waals surface area contributed by atoms with Crippen molar-refractivity contribution in [3.63, 3.8) is 0 Å². The summed E-state index contributed by atoms with van der Waals surface area (Å²) in [5.74, 6) is 5.61. The zero-order valence-electron chi connectivity index (χ0n) is 11.0. The van der Waals surface area contributed by atoms with Crippen LogP contribution in [0.3, 0.4) is 0 Å². The summed E-state index contributed by atoms with van der Waals surface area (Å²) >= 11 is 12.0. The van der Waals surface area contributed by atoms with Crippen molar-refractivity contribution in [2.45, 2.75) is 25.3 Å². The molecule has 1 unspecified atom stereocenters. The van der Waals surface area contributed by atoms with Gasteiger partial charge in [-0.3, -0.25) is 16.3 Å². The smallest absolute Gasteiger partial charge is 0.0773 e. The summed E-state index contributed by atoms with van der Waals surface area (Å²) < 4.78 is 0. The third-order valence-electron chi connectivity index (χ3n) is 3.17.